The Bertz CT molecular complexity index is 755. The molecular formula is C21H30IN3O2S. The first-order valence-corrected chi connectivity index (χ1v) is 10.2. The summed E-state index contributed by atoms with van der Waals surface area (Å²) >= 11 is 1.81. The van der Waals surface area contributed by atoms with Crippen LogP contribution in [0.15, 0.2) is 41.4 Å². The number of hydrogen-bond donors (Lipinski definition) is 2. The number of halogens is 1. The maximum Gasteiger partial charge on any atom is 0.191 e. The lowest BCUT2D eigenvalue weighted by molar-refractivity contribution is 0.0513. The highest BCUT2D eigenvalue weighted by atomic mass is 127. The molecular weight excluding hydrogens is 485 g/mol. The predicted octanol–water partition coefficient (Wildman–Crippen LogP) is 4.10. The summed E-state index contributed by atoms with van der Waals surface area (Å²) in [6, 6.07) is 12.8. The Labute approximate surface area is 189 Å². The van der Waals surface area contributed by atoms with Gasteiger partial charge < -0.3 is 20.1 Å². The van der Waals surface area contributed by atoms with Crippen LogP contribution < -0.4 is 15.4 Å². The molecule has 2 heterocycles. The standard InChI is InChI=1S/C21H29N3O2S.HI/c1-16-4-9-19(27-16)14-23-20(22-2)24-15-21(10-12-26-13-11-21)17-5-7-18(25-3)8-6-17;/h4-9H,10-15H2,1-3H3,(H2,22,23,24);1H. The van der Waals surface area contributed by atoms with Gasteiger partial charge in [0.1, 0.15) is 5.75 Å². The number of ether oxygens (including phenoxy) is 2. The van der Waals surface area contributed by atoms with Crippen LogP contribution in [0.3, 0.4) is 0 Å². The first kappa shape index (κ1) is 23.0. The normalized spacial score (nSPS) is 16.2. The molecule has 0 atom stereocenters. The van der Waals surface area contributed by atoms with Crippen molar-refractivity contribution in [1.82, 2.24) is 10.6 Å². The summed E-state index contributed by atoms with van der Waals surface area (Å²) in [5, 5.41) is 6.96. The second-order valence-corrected chi connectivity index (χ2v) is 8.29. The quantitative estimate of drug-likeness (QED) is 0.346. The van der Waals surface area contributed by atoms with Gasteiger partial charge in [0, 0.05) is 42.0 Å². The van der Waals surface area contributed by atoms with Crippen LogP contribution >= 0.6 is 35.3 Å². The van der Waals surface area contributed by atoms with Crippen molar-refractivity contribution in [3.8, 4) is 5.75 Å². The third-order valence-corrected chi connectivity index (χ3v) is 6.20. The molecule has 1 fully saturated rings. The van der Waals surface area contributed by atoms with E-state index < -0.39 is 0 Å². The number of rotatable bonds is 6. The van der Waals surface area contributed by atoms with Crippen LogP contribution in [0.4, 0.5) is 0 Å². The van der Waals surface area contributed by atoms with Gasteiger partial charge in [0.05, 0.1) is 13.7 Å². The minimum atomic E-state index is 0. The Morgan fingerprint density at radius 2 is 1.86 bits per heavy atom. The van der Waals surface area contributed by atoms with Crippen LogP contribution in [0.5, 0.6) is 5.75 Å². The number of nitrogens with one attached hydrogen (secondary N) is 2. The molecule has 28 heavy (non-hydrogen) atoms. The molecule has 1 aliphatic rings. The average molecular weight is 515 g/mol. The number of nitrogens with zero attached hydrogens (tertiary/aromatic N) is 1. The maximum atomic E-state index is 5.63. The summed E-state index contributed by atoms with van der Waals surface area (Å²) in [7, 11) is 3.52. The maximum absolute atomic E-state index is 5.63. The second-order valence-electron chi connectivity index (χ2n) is 6.91. The lowest BCUT2D eigenvalue weighted by atomic mass is 9.74. The topological polar surface area (TPSA) is 54.9 Å². The van der Waals surface area contributed by atoms with E-state index in [0.717, 1.165) is 50.9 Å². The van der Waals surface area contributed by atoms with Crippen LogP contribution in [-0.2, 0) is 16.7 Å². The number of aryl methyl sites for hydroxylation is 1. The van der Waals surface area contributed by atoms with Crippen molar-refractivity contribution in [2.24, 2.45) is 4.99 Å². The highest BCUT2D eigenvalue weighted by Crippen LogP contribution is 2.35. The fourth-order valence-electron chi connectivity index (χ4n) is 3.50. The SMILES string of the molecule is CN=C(NCc1ccc(C)s1)NCC1(c2ccc(OC)cc2)CCOCC1.I. The first-order valence-electron chi connectivity index (χ1n) is 9.37. The highest BCUT2D eigenvalue weighted by molar-refractivity contribution is 14.0. The third kappa shape index (κ3) is 5.84. The number of hydrogen-bond acceptors (Lipinski definition) is 4. The molecule has 1 saturated heterocycles. The van der Waals surface area contributed by atoms with E-state index >= 15 is 0 Å². The number of methoxy groups -OCH3 is 1. The molecule has 5 nitrogen and oxygen atoms in total. The molecule has 0 amide bonds. The van der Waals surface area contributed by atoms with Crippen LogP contribution in [0.2, 0.25) is 0 Å². The van der Waals surface area contributed by atoms with Gasteiger partial charge in [0.25, 0.3) is 0 Å². The van der Waals surface area contributed by atoms with Crippen molar-refractivity contribution in [2.75, 3.05) is 33.9 Å². The zero-order valence-electron chi connectivity index (χ0n) is 16.8. The zero-order valence-corrected chi connectivity index (χ0v) is 19.9. The van der Waals surface area contributed by atoms with Crippen LogP contribution in [0.25, 0.3) is 0 Å². The molecule has 0 saturated carbocycles. The summed E-state index contributed by atoms with van der Waals surface area (Å²) in [6.45, 7) is 5.32. The van der Waals surface area contributed by atoms with E-state index in [1.807, 2.05) is 30.5 Å². The molecule has 2 aromatic rings. The van der Waals surface area contributed by atoms with Crippen LogP contribution in [0, 0.1) is 6.92 Å². The van der Waals surface area contributed by atoms with Gasteiger partial charge in [-0.1, -0.05) is 12.1 Å². The highest BCUT2D eigenvalue weighted by Gasteiger charge is 2.34. The number of benzene rings is 1. The van der Waals surface area contributed by atoms with Crippen molar-refractivity contribution in [1.29, 1.82) is 0 Å². The molecule has 1 aliphatic heterocycles. The molecule has 2 N–H and O–H groups in total. The Balaban J connectivity index is 0.00000280. The summed E-state index contributed by atoms with van der Waals surface area (Å²) in [5.41, 5.74) is 1.37. The lowest BCUT2D eigenvalue weighted by Gasteiger charge is -2.38. The minimum Gasteiger partial charge on any atom is -0.497 e. The smallest absolute Gasteiger partial charge is 0.191 e. The van der Waals surface area contributed by atoms with Gasteiger partial charge in [-0.3, -0.25) is 4.99 Å². The summed E-state index contributed by atoms with van der Waals surface area (Å²) < 4.78 is 10.9. The largest absolute Gasteiger partial charge is 0.497 e. The number of guanidine groups is 1. The van der Waals surface area contributed by atoms with Crippen molar-refractivity contribution >= 4 is 41.3 Å². The summed E-state index contributed by atoms with van der Waals surface area (Å²) in [6.07, 6.45) is 1.99. The molecule has 154 valence electrons. The van der Waals surface area contributed by atoms with Gasteiger partial charge >= 0.3 is 0 Å². The van der Waals surface area contributed by atoms with Gasteiger partial charge in [-0.2, -0.15) is 0 Å². The minimum absolute atomic E-state index is 0. The van der Waals surface area contributed by atoms with E-state index in [0.29, 0.717) is 0 Å². The number of thiophene rings is 1. The fraction of sp³-hybridized carbons (Fsp3) is 0.476. The van der Waals surface area contributed by atoms with Gasteiger partial charge in [0.15, 0.2) is 5.96 Å². The second kappa shape index (κ2) is 11.0. The average Bonchev–Trinajstić information content (AvgIpc) is 3.14. The fourth-order valence-corrected chi connectivity index (χ4v) is 4.33. The van der Waals surface area contributed by atoms with Crippen molar-refractivity contribution in [2.45, 2.75) is 31.7 Å². The molecule has 7 heteroatoms. The molecule has 3 rings (SSSR count). The monoisotopic (exact) mass is 515 g/mol. The van der Waals surface area contributed by atoms with E-state index in [9.17, 15) is 0 Å². The Morgan fingerprint density at radius 3 is 2.43 bits per heavy atom. The Morgan fingerprint density at radius 1 is 1.14 bits per heavy atom. The molecule has 0 unspecified atom stereocenters. The van der Waals surface area contributed by atoms with Crippen LogP contribution in [0.1, 0.15) is 28.2 Å². The molecule has 0 spiro atoms. The van der Waals surface area contributed by atoms with Gasteiger partial charge in [-0.15, -0.1) is 35.3 Å². The molecule has 1 aromatic carbocycles. The summed E-state index contributed by atoms with van der Waals surface area (Å²) in [5.74, 6) is 1.72. The van der Waals surface area contributed by atoms with E-state index in [4.69, 9.17) is 9.47 Å². The van der Waals surface area contributed by atoms with E-state index in [1.165, 1.54) is 15.3 Å². The summed E-state index contributed by atoms with van der Waals surface area (Å²) in [4.78, 5) is 7.03. The Kier molecular flexibility index (Phi) is 9.04. The van der Waals surface area contributed by atoms with Crippen LogP contribution in [-0.4, -0.2) is 39.9 Å². The first-order chi connectivity index (χ1) is 13.1. The van der Waals surface area contributed by atoms with E-state index in [2.05, 4.69) is 46.8 Å². The van der Waals surface area contributed by atoms with Crippen molar-refractivity contribution in [3.63, 3.8) is 0 Å². The van der Waals surface area contributed by atoms with Gasteiger partial charge in [0.2, 0.25) is 0 Å². The van der Waals surface area contributed by atoms with Gasteiger partial charge in [-0.05, 0) is 49.6 Å². The lowest BCUT2D eigenvalue weighted by Crippen LogP contribution is -2.47. The van der Waals surface area contributed by atoms with E-state index in [1.54, 1.807) is 7.11 Å². The number of aliphatic imine (C=N–C) groups is 1. The zero-order chi connectivity index (χ0) is 19.1. The van der Waals surface area contributed by atoms with E-state index in [-0.39, 0.29) is 29.4 Å². The van der Waals surface area contributed by atoms with Gasteiger partial charge in [-0.25, -0.2) is 0 Å². The molecule has 1 aromatic heterocycles. The Hall–Kier alpha value is -1.32. The predicted molar refractivity (Wildman–Crippen MR) is 127 cm³/mol. The molecule has 0 radical (unpaired) electrons. The molecule has 0 bridgehead atoms. The van der Waals surface area contributed by atoms with Crippen molar-refractivity contribution in [3.05, 3.63) is 51.7 Å². The molecule has 0 aliphatic carbocycles. The third-order valence-electron chi connectivity index (χ3n) is 5.20. The van der Waals surface area contributed by atoms with Crippen molar-refractivity contribution < 1.29 is 9.47 Å².